The number of aryl methyl sites for hydroxylation is 1. The zero-order valence-corrected chi connectivity index (χ0v) is 14.3. The van der Waals surface area contributed by atoms with Crippen LogP contribution in [-0.4, -0.2) is 20.6 Å². The zero-order chi connectivity index (χ0) is 18.4. The van der Waals surface area contributed by atoms with Gasteiger partial charge in [0.1, 0.15) is 0 Å². The molecule has 1 atom stereocenters. The number of carbonyl (C=O) groups is 1. The van der Waals surface area contributed by atoms with Crippen LogP contribution in [0.25, 0.3) is 0 Å². The van der Waals surface area contributed by atoms with Crippen molar-refractivity contribution in [1.29, 1.82) is 0 Å². The van der Waals surface area contributed by atoms with Gasteiger partial charge in [-0.2, -0.15) is 0 Å². The summed E-state index contributed by atoms with van der Waals surface area (Å²) in [5.74, 6) is -0.0165. The number of anilines is 1. The summed E-state index contributed by atoms with van der Waals surface area (Å²) >= 11 is 0. The monoisotopic (exact) mass is 349 g/mol. The topological polar surface area (TPSA) is 88.9 Å². The number of amides is 2. The molecule has 0 aliphatic carbocycles. The summed E-state index contributed by atoms with van der Waals surface area (Å²) in [6, 6.07) is 14.5. The van der Waals surface area contributed by atoms with E-state index in [4.69, 9.17) is 0 Å². The van der Waals surface area contributed by atoms with E-state index in [-0.39, 0.29) is 17.4 Å². The van der Waals surface area contributed by atoms with Gasteiger partial charge in [-0.25, -0.2) is 9.78 Å². The summed E-state index contributed by atoms with van der Waals surface area (Å²) in [5, 5.41) is 5.42. The fourth-order valence-electron chi connectivity index (χ4n) is 2.55. The van der Waals surface area contributed by atoms with Gasteiger partial charge in [0.25, 0.3) is 5.56 Å². The maximum Gasteiger partial charge on any atom is 0.321 e. The lowest BCUT2D eigenvalue weighted by atomic mass is 10.0. The number of nitrogens with one attached hydrogen (secondary N) is 2. The Hall–Kier alpha value is -3.48. The van der Waals surface area contributed by atoms with Gasteiger partial charge >= 0.3 is 6.03 Å². The summed E-state index contributed by atoms with van der Waals surface area (Å²) < 4.78 is 1.35. The molecule has 2 heterocycles. The van der Waals surface area contributed by atoms with Crippen LogP contribution in [0.2, 0.25) is 0 Å². The summed E-state index contributed by atoms with van der Waals surface area (Å²) in [6.45, 7) is 0. The van der Waals surface area contributed by atoms with Crippen molar-refractivity contribution in [3.05, 3.63) is 88.7 Å². The molecule has 2 amide bonds. The number of urea groups is 1. The van der Waals surface area contributed by atoms with Crippen molar-refractivity contribution in [3.63, 3.8) is 0 Å². The van der Waals surface area contributed by atoms with E-state index < -0.39 is 6.03 Å². The highest BCUT2D eigenvalue weighted by atomic mass is 16.2. The molecule has 0 spiro atoms. The second-order valence-electron chi connectivity index (χ2n) is 5.78. The van der Waals surface area contributed by atoms with E-state index in [1.54, 1.807) is 13.2 Å². The van der Waals surface area contributed by atoms with E-state index in [0.29, 0.717) is 6.42 Å². The fourth-order valence-corrected chi connectivity index (χ4v) is 2.55. The molecule has 0 saturated carbocycles. The normalized spacial score (nSPS) is 11.6. The largest absolute Gasteiger partial charge is 0.331 e. The molecule has 26 heavy (non-hydrogen) atoms. The molecule has 0 bridgehead atoms. The number of hydrogen-bond donors (Lipinski definition) is 2. The van der Waals surface area contributed by atoms with Crippen LogP contribution in [0.1, 0.15) is 17.3 Å². The second kappa shape index (κ2) is 8.06. The van der Waals surface area contributed by atoms with Crippen LogP contribution in [-0.2, 0) is 13.5 Å². The molecule has 132 valence electrons. The quantitative estimate of drug-likeness (QED) is 0.739. The lowest BCUT2D eigenvalue weighted by Gasteiger charge is -2.19. The Labute approximate surface area is 150 Å². The molecule has 0 fully saturated rings. The van der Waals surface area contributed by atoms with Crippen LogP contribution in [0.4, 0.5) is 10.6 Å². The zero-order valence-electron chi connectivity index (χ0n) is 14.3. The molecule has 7 nitrogen and oxygen atoms in total. The Kier molecular flexibility index (Phi) is 5.38. The third-order valence-corrected chi connectivity index (χ3v) is 3.90. The molecule has 1 unspecified atom stereocenters. The van der Waals surface area contributed by atoms with Crippen molar-refractivity contribution >= 4 is 11.8 Å². The van der Waals surface area contributed by atoms with Gasteiger partial charge in [0.05, 0.1) is 6.04 Å². The molecule has 2 N–H and O–H groups in total. The average molecular weight is 349 g/mol. The third kappa shape index (κ3) is 4.32. The number of nitrogens with zero attached hydrogens (tertiary/aromatic N) is 3. The molecule has 0 aliphatic heterocycles. The van der Waals surface area contributed by atoms with Crippen molar-refractivity contribution in [2.24, 2.45) is 7.05 Å². The summed E-state index contributed by atoms with van der Waals surface area (Å²) in [7, 11) is 1.60. The number of hydrogen-bond acceptors (Lipinski definition) is 4. The van der Waals surface area contributed by atoms with Gasteiger partial charge in [-0.3, -0.25) is 15.1 Å². The highest BCUT2D eigenvalue weighted by molar-refractivity contribution is 5.88. The number of rotatable bonds is 5. The fraction of sp³-hybridized carbons (Fsp3) is 0.158. The minimum Gasteiger partial charge on any atom is -0.331 e. The van der Waals surface area contributed by atoms with Crippen LogP contribution in [0, 0.1) is 0 Å². The second-order valence-corrected chi connectivity index (χ2v) is 5.78. The Morgan fingerprint density at radius 2 is 1.85 bits per heavy atom. The molecule has 7 heteroatoms. The van der Waals surface area contributed by atoms with Crippen molar-refractivity contribution in [2.75, 3.05) is 5.32 Å². The molecule has 1 aromatic carbocycles. The van der Waals surface area contributed by atoms with Gasteiger partial charge in [-0.1, -0.05) is 36.4 Å². The lowest BCUT2D eigenvalue weighted by molar-refractivity contribution is 0.248. The van der Waals surface area contributed by atoms with Gasteiger partial charge in [-0.15, -0.1) is 0 Å². The van der Waals surface area contributed by atoms with E-state index in [9.17, 15) is 9.59 Å². The Bertz CT molecular complexity index is 925. The highest BCUT2D eigenvalue weighted by Gasteiger charge is 2.17. The SMILES string of the molecule is Cn1ccnc(NC(=O)NC(Cc2ccccn2)c2ccccc2)c1=O. The van der Waals surface area contributed by atoms with Gasteiger partial charge in [0.15, 0.2) is 0 Å². The predicted octanol–water partition coefficient (Wildman–Crippen LogP) is 2.28. The van der Waals surface area contributed by atoms with Crippen LogP contribution in [0.3, 0.4) is 0 Å². The molecule has 2 aromatic heterocycles. The molecular weight excluding hydrogens is 330 g/mol. The number of aromatic nitrogens is 3. The Morgan fingerprint density at radius 1 is 1.08 bits per heavy atom. The first-order valence-electron chi connectivity index (χ1n) is 8.17. The maximum absolute atomic E-state index is 12.4. The number of pyridine rings is 1. The molecule has 0 saturated heterocycles. The van der Waals surface area contributed by atoms with Crippen molar-refractivity contribution in [3.8, 4) is 0 Å². The van der Waals surface area contributed by atoms with Gasteiger partial charge in [-0.05, 0) is 17.7 Å². The summed E-state index contributed by atoms with van der Waals surface area (Å²) in [6.07, 6.45) is 5.23. The van der Waals surface area contributed by atoms with Crippen LogP contribution in [0.15, 0.2) is 71.9 Å². The Morgan fingerprint density at radius 3 is 2.58 bits per heavy atom. The van der Waals surface area contributed by atoms with E-state index in [1.165, 1.54) is 17.0 Å². The highest BCUT2D eigenvalue weighted by Crippen LogP contribution is 2.17. The van der Waals surface area contributed by atoms with Crippen LogP contribution in [0.5, 0.6) is 0 Å². The first kappa shape index (κ1) is 17.3. The number of benzene rings is 1. The molecule has 0 aliphatic rings. The van der Waals surface area contributed by atoms with Gasteiger partial charge < -0.3 is 9.88 Å². The van der Waals surface area contributed by atoms with Gasteiger partial charge in [0, 0.05) is 37.8 Å². The Balaban J connectivity index is 1.78. The first-order chi connectivity index (χ1) is 12.6. The first-order valence-corrected chi connectivity index (χ1v) is 8.17. The summed E-state index contributed by atoms with van der Waals surface area (Å²) in [5.41, 5.74) is 1.43. The maximum atomic E-state index is 12.4. The third-order valence-electron chi connectivity index (χ3n) is 3.90. The summed E-state index contributed by atoms with van der Waals surface area (Å²) in [4.78, 5) is 32.7. The minimum atomic E-state index is -0.495. The van der Waals surface area contributed by atoms with E-state index in [2.05, 4.69) is 20.6 Å². The predicted molar refractivity (Wildman–Crippen MR) is 98.8 cm³/mol. The molecule has 3 aromatic rings. The van der Waals surface area contributed by atoms with Crippen molar-refractivity contribution in [2.45, 2.75) is 12.5 Å². The van der Waals surface area contributed by atoms with Crippen LogP contribution < -0.4 is 16.2 Å². The van der Waals surface area contributed by atoms with Gasteiger partial charge in [0.2, 0.25) is 5.82 Å². The van der Waals surface area contributed by atoms with E-state index in [0.717, 1.165) is 11.3 Å². The van der Waals surface area contributed by atoms with E-state index >= 15 is 0 Å². The lowest BCUT2D eigenvalue weighted by Crippen LogP contribution is -2.36. The molecular formula is C19H19N5O2. The van der Waals surface area contributed by atoms with Crippen molar-refractivity contribution < 1.29 is 4.79 Å². The molecule has 0 radical (unpaired) electrons. The van der Waals surface area contributed by atoms with E-state index in [1.807, 2.05) is 48.5 Å². The number of carbonyl (C=O) groups excluding carboxylic acids is 1. The van der Waals surface area contributed by atoms with Crippen LogP contribution >= 0.6 is 0 Å². The van der Waals surface area contributed by atoms with Crippen molar-refractivity contribution in [1.82, 2.24) is 19.9 Å². The average Bonchev–Trinajstić information content (AvgIpc) is 2.66. The minimum absolute atomic E-state index is 0.0165. The standard InChI is InChI=1S/C19H19N5O2/c1-24-12-11-21-17(18(24)25)23-19(26)22-16(14-7-3-2-4-8-14)13-15-9-5-6-10-20-15/h2-12,16H,13H2,1H3,(H2,21,22,23,26). The smallest absolute Gasteiger partial charge is 0.321 e. The molecule has 3 rings (SSSR count).